The van der Waals surface area contributed by atoms with E-state index in [0.717, 1.165) is 23.1 Å². The van der Waals surface area contributed by atoms with Gasteiger partial charge in [0.05, 0.1) is 17.1 Å². The number of aromatic nitrogens is 4. The number of anilines is 1. The van der Waals surface area contributed by atoms with Gasteiger partial charge in [-0.15, -0.1) is 10.2 Å². The fourth-order valence-electron chi connectivity index (χ4n) is 1.54. The smallest absolute Gasteiger partial charge is 0.313 e. The SMILES string of the molecule is Cc1n[nH]c(C)c1S(=O)(=O)Nc1nnc(SCC(=O)O)s1. The van der Waals surface area contributed by atoms with Crippen molar-refractivity contribution in [2.24, 2.45) is 0 Å². The van der Waals surface area contributed by atoms with E-state index in [2.05, 4.69) is 25.1 Å². The van der Waals surface area contributed by atoms with Crippen LogP contribution in [0, 0.1) is 13.8 Å². The number of rotatable bonds is 6. The molecule has 114 valence electrons. The van der Waals surface area contributed by atoms with Gasteiger partial charge in [0.2, 0.25) is 5.13 Å². The molecule has 0 saturated heterocycles. The minimum absolute atomic E-state index is 0.0671. The van der Waals surface area contributed by atoms with Crippen LogP contribution in [-0.4, -0.2) is 45.6 Å². The van der Waals surface area contributed by atoms with E-state index in [1.54, 1.807) is 13.8 Å². The first-order valence-corrected chi connectivity index (χ1v) is 8.80. The fourth-order valence-corrected chi connectivity index (χ4v) is 4.61. The van der Waals surface area contributed by atoms with Gasteiger partial charge >= 0.3 is 5.97 Å². The summed E-state index contributed by atoms with van der Waals surface area (Å²) in [6.07, 6.45) is 0. The molecular weight excluding hydrogens is 338 g/mol. The van der Waals surface area contributed by atoms with Crippen molar-refractivity contribution in [2.75, 3.05) is 10.5 Å². The van der Waals surface area contributed by atoms with Crippen molar-refractivity contribution in [3.05, 3.63) is 11.4 Å². The number of hydrogen-bond acceptors (Lipinski definition) is 8. The molecule has 2 aromatic rings. The third-order valence-electron chi connectivity index (χ3n) is 2.28. The molecule has 2 aromatic heterocycles. The molecule has 0 aliphatic heterocycles. The molecule has 0 atom stereocenters. The van der Waals surface area contributed by atoms with Crippen molar-refractivity contribution in [2.45, 2.75) is 23.1 Å². The van der Waals surface area contributed by atoms with Crippen molar-refractivity contribution < 1.29 is 18.3 Å². The van der Waals surface area contributed by atoms with Gasteiger partial charge in [0, 0.05) is 0 Å². The zero-order valence-electron chi connectivity index (χ0n) is 10.9. The maximum absolute atomic E-state index is 12.2. The molecule has 0 bridgehead atoms. The second kappa shape index (κ2) is 5.99. The van der Waals surface area contributed by atoms with E-state index in [1.165, 1.54) is 0 Å². The minimum atomic E-state index is -3.81. The van der Waals surface area contributed by atoms with Crippen LogP contribution in [0.3, 0.4) is 0 Å². The summed E-state index contributed by atoms with van der Waals surface area (Å²) < 4.78 is 27.2. The van der Waals surface area contributed by atoms with Crippen LogP contribution < -0.4 is 4.72 Å². The average Bonchev–Trinajstić information content (AvgIpc) is 2.93. The van der Waals surface area contributed by atoms with Crippen LogP contribution in [0.15, 0.2) is 9.24 Å². The molecule has 0 amide bonds. The number of carboxylic acids is 1. The van der Waals surface area contributed by atoms with Gasteiger partial charge in [-0.1, -0.05) is 23.1 Å². The van der Waals surface area contributed by atoms with Crippen LogP contribution in [0.25, 0.3) is 0 Å². The Morgan fingerprint density at radius 2 is 2.14 bits per heavy atom. The van der Waals surface area contributed by atoms with E-state index >= 15 is 0 Å². The molecule has 0 saturated carbocycles. The van der Waals surface area contributed by atoms with Crippen molar-refractivity contribution in [3.8, 4) is 0 Å². The number of sulfonamides is 1. The lowest BCUT2D eigenvalue weighted by Crippen LogP contribution is -2.14. The Labute approximate surface area is 128 Å². The molecule has 3 N–H and O–H groups in total. The Balaban J connectivity index is 2.16. The second-order valence-corrected chi connectivity index (χ2v) is 7.74. The maximum atomic E-state index is 12.2. The highest BCUT2D eigenvalue weighted by atomic mass is 32.2. The Hall–Kier alpha value is -1.66. The van der Waals surface area contributed by atoms with Crippen LogP contribution in [-0.2, 0) is 14.8 Å². The summed E-state index contributed by atoms with van der Waals surface area (Å²) in [6.45, 7) is 3.18. The van der Waals surface area contributed by atoms with E-state index < -0.39 is 16.0 Å². The largest absolute Gasteiger partial charge is 0.481 e. The molecule has 9 nitrogen and oxygen atoms in total. The number of thioether (sulfide) groups is 1. The minimum Gasteiger partial charge on any atom is -0.481 e. The van der Waals surface area contributed by atoms with E-state index in [0.29, 0.717) is 15.7 Å². The van der Waals surface area contributed by atoms with Crippen LogP contribution in [0.4, 0.5) is 5.13 Å². The third kappa shape index (κ3) is 3.71. The molecule has 0 aliphatic carbocycles. The molecular formula is C9H11N5O4S3. The lowest BCUT2D eigenvalue weighted by molar-refractivity contribution is -0.133. The van der Waals surface area contributed by atoms with Gasteiger partial charge in [-0.25, -0.2) is 8.42 Å². The number of H-pyrrole nitrogens is 1. The van der Waals surface area contributed by atoms with Gasteiger partial charge in [-0.05, 0) is 13.8 Å². The number of nitrogens with zero attached hydrogens (tertiary/aromatic N) is 3. The Morgan fingerprint density at radius 1 is 1.43 bits per heavy atom. The molecule has 0 unspecified atom stereocenters. The summed E-state index contributed by atoms with van der Waals surface area (Å²) in [5, 5.41) is 22.5. The van der Waals surface area contributed by atoms with Crippen LogP contribution in [0.2, 0.25) is 0 Å². The zero-order valence-corrected chi connectivity index (χ0v) is 13.4. The van der Waals surface area contributed by atoms with Crippen molar-refractivity contribution in [1.82, 2.24) is 20.4 Å². The molecule has 21 heavy (non-hydrogen) atoms. The zero-order chi connectivity index (χ0) is 15.6. The number of hydrogen-bond donors (Lipinski definition) is 3. The van der Waals surface area contributed by atoms with E-state index in [4.69, 9.17) is 5.11 Å². The molecule has 0 aromatic carbocycles. The van der Waals surface area contributed by atoms with Gasteiger partial charge in [-0.3, -0.25) is 14.6 Å². The lowest BCUT2D eigenvalue weighted by atomic mass is 10.4. The van der Waals surface area contributed by atoms with Gasteiger partial charge in [0.25, 0.3) is 10.0 Å². The summed E-state index contributed by atoms with van der Waals surface area (Å²) >= 11 is 1.94. The maximum Gasteiger partial charge on any atom is 0.313 e. The number of aromatic amines is 1. The summed E-state index contributed by atoms with van der Waals surface area (Å²) in [4.78, 5) is 10.5. The highest BCUT2D eigenvalue weighted by Crippen LogP contribution is 2.27. The molecule has 0 radical (unpaired) electrons. The first-order valence-electron chi connectivity index (χ1n) is 5.52. The number of aliphatic carboxylic acids is 1. The lowest BCUT2D eigenvalue weighted by Gasteiger charge is -2.03. The first kappa shape index (κ1) is 15.7. The van der Waals surface area contributed by atoms with Gasteiger partial charge < -0.3 is 5.11 Å². The van der Waals surface area contributed by atoms with Crippen molar-refractivity contribution >= 4 is 44.2 Å². The van der Waals surface area contributed by atoms with E-state index in [1.807, 2.05) is 0 Å². The van der Waals surface area contributed by atoms with Gasteiger partial charge in [0.15, 0.2) is 4.34 Å². The normalized spacial score (nSPS) is 11.5. The van der Waals surface area contributed by atoms with Gasteiger partial charge in [-0.2, -0.15) is 5.10 Å². The summed E-state index contributed by atoms with van der Waals surface area (Å²) in [5.41, 5.74) is 0.773. The Bertz CT molecular complexity index is 747. The Morgan fingerprint density at radius 3 is 2.71 bits per heavy atom. The molecule has 0 fully saturated rings. The number of aryl methyl sites for hydroxylation is 2. The van der Waals surface area contributed by atoms with Crippen LogP contribution in [0.5, 0.6) is 0 Å². The van der Waals surface area contributed by atoms with Gasteiger partial charge in [0.1, 0.15) is 4.90 Å². The first-order chi connectivity index (χ1) is 9.79. The number of carbonyl (C=O) groups is 1. The molecule has 2 rings (SSSR count). The topological polar surface area (TPSA) is 138 Å². The predicted octanol–water partition coefficient (Wildman–Crippen LogP) is 0.856. The number of carboxylic acid groups (broad SMARTS) is 1. The van der Waals surface area contributed by atoms with Crippen molar-refractivity contribution in [1.29, 1.82) is 0 Å². The third-order valence-corrected chi connectivity index (χ3v) is 5.96. The monoisotopic (exact) mass is 349 g/mol. The van der Waals surface area contributed by atoms with E-state index in [-0.39, 0.29) is 15.8 Å². The molecule has 12 heteroatoms. The molecule has 0 aliphatic rings. The number of nitrogens with one attached hydrogen (secondary N) is 2. The van der Waals surface area contributed by atoms with E-state index in [9.17, 15) is 13.2 Å². The summed E-state index contributed by atoms with van der Waals surface area (Å²) in [5.74, 6) is -1.15. The summed E-state index contributed by atoms with van der Waals surface area (Å²) in [6, 6.07) is 0. The molecule has 2 heterocycles. The fraction of sp³-hybridized carbons (Fsp3) is 0.333. The summed E-state index contributed by atoms with van der Waals surface area (Å²) in [7, 11) is -3.81. The highest BCUT2D eigenvalue weighted by molar-refractivity contribution is 8.01. The van der Waals surface area contributed by atoms with Crippen molar-refractivity contribution in [3.63, 3.8) is 0 Å². The van der Waals surface area contributed by atoms with Crippen LogP contribution >= 0.6 is 23.1 Å². The predicted molar refractivity (Wildman–Crippen MR) is 77.1 cm³/mol. The quantitative estimate of drug-likeness (QED) is 0.653. The average molecular weight is 349 g/mol. The standard InChI is InChI=1S/C9H11N5O4S3/c1-4-7(5(2)11-10-4)21(17,18)14-8-12-13-9(20-8)19-3-6(15)16/h3H2,1-2H3,(H,10,11)(H,12,14)(H,15,16). The molecule has 0 spiro atoms. The second-order valence-electron chi connectivity index (χ2n) is 3.92. The highest BCUT2D eigenvalue weighted by Gasteiger charge is 2.23. The Kier molecular flexibility index (Phi) is 4.49. The van der Waals surface area contributed by atoms with Crippen LogP contribution in [0.1, 0.15) is 11.4 Å².